The minimum Gasteiger partial charge on any atom is -0.482 e. The minimum atomic E-state index is -0.509. The van der Waals surface area contributed by atoms with Crippen molar-refractivity contribution >= 4 is 28.7 Å². The molecule has 1 aliphatic carbocycles. The van der Waals surface area contributed by atoms with Crippen molar-refractivity contribution < 1.29 is 23.8 Å². The van der Waals surface area contributed by atoms with Crippen LogP contribution < -0.4 is 10.1 Å². The number of aromatic nitrogens is 4. The highest BCUT2D eigenvalue weighted by Gasteiger charge is 2.33. The second-order valence-electron chi connectivity index (χ2n) is 10.8. The summed E-state index contributed by atoms with van der Waals surface area (Å²) in [7, 11) is 1.59. The SMILES string of the molecule is COc1cc(C(=O)OC(C)C)cc2nc(-c3cc4ccc([C@@H](C)NC(=O)OCc5ccccc5)nc4[nH]3)c(C3CC3)n12. The molecule has 1 atom stereocenters. The van der Waals surface area contributed by atoms with E-state index in [0.29, 0.717) is 34.3 Å². The van der Waals surface area contributed by atoms with Gasteiger partial charge in [-0.05, 0) is 63.4 Å². The van der Waals surface area contributed by atoms with Crippen molar-refractivity contribution in [2.75, 3.05) is 7.11 Å². The van der Waals surface area contributed by atoms with E-state index in [2.05, 4.69) is 10.3 Å². The first kappa shape index (κ1) is 27.3. The van der Waals surface area contributed by atoms with Crippen LogP contribution in [0.4, 0.5) is 4.79 Å². The quantitative estimate of drug-likeness (QED) is 0.200. The molecule has 42 heavy (non-hydrogen) atoms. The third-order valence-electron chi connectivity index (χ3n) is 7.22. The number of imidazole rings is 1. The van der Waals surface area contributed by atoms with Gasteiger partial charge in [0.25, 0.3) is 0 Å². The van der Waals surface area contributed by atoms with Crippen molar-refractivity contribution in [3.63, 3.8) is 0 Å². The number of esters is 1. The molecule has 4 aromatic heterocycles. The Kier molecular flexibility index (Phi) is 7.28. The van der Waals surface area contributed by atoms with Crippen LogP contribution in [0.2, 0.25) is 0 Å². The third-order valence-corrected chi connectivity index (χ3v) is 7.22. The summed E-state index contributed by atoms with van der Waals surface area (Å²) in [4.78, 5) is 38.3. The molecular formula is C32H33N5O5. The predicted octanol–water partition coefficient (Wildman–Crippen LogP) is 6.32. The minimum absolute atomic E-state index is 0.194. The van der Waals surface area contributed by atoms with Gasteiger partial charge in [-0.3, -0.25) is 4.40 Å². The summed E-state index contributed by atoms with van der Waals surface area (Å²) in [6.45, 7) is 5.69. The number of pyridine rings is 2. The van der Waals surface area contributed by atoms with Crippen LogP contribution >= 0.6 is 0 Å². The number of alkyl carbamates (subject to hydrolysis) is 1. The summed E-state index contributed by atoms with van der Waals surface area (Å²) in [5.41, 5.74) is 5.94. The van der Waals surface area contributed by atoms with Crippen LogP contribution in [0.3, 0.4) is 0 Å². The Morgan fingerprint density at radius 2 is 1.83 bits per heavy atom. The Bertz CT molecular complexity index is 1770. The maximum atomic E-state index is 12.7. The summed E-state index contributed by atoms with van der Waals surface area (Å²) in [6.07, 6.45) is 1.35. The van der Waals surface area contributed by atoms with Crippen LogP contribution in [-0.2, 0) is 16.1 Å². The number of methoxy groups -OCH3 is 1. The molecule has 1 fully saturated rings. The summed E-state index contributed by atoms with van der Waals surface area (Å²) in [5.74, 6) is 0.440. The number of hydrogen-bond donors (Lipinski definition) is 2. The van der Waals surface area contributed by atoms with Crippen LogP contribution in [0.25, 0.3) is 28.1 Å². The van der Waals surface area contributed by atoms with Crippen LogP contribution in [0.15, 0.2) is 60.7 Å². The van der Waals surface area contributed by atoms with E-state index in [0.717, 1.165) is 40.9 Å². The summed E-state index contributed by atoms with van der Waals surface area (Å²) < 4.78 is 18.5. The standard InChI is InChI=1S/C32H33N5O5/c1-18(2)42-31(38)23-15-26-36-28(29(21-10-11-21)37(26)27(16-23)40-4)25-14-22-12-13-24(34-30(22)35-25)19(3)33-32(39)41-17-20-8-6-5-7-9-20/h5-9,12-16,18-19,21H,10-11,17H2,1-4H3,(H,33,39)(H,34,35)/t19-/m1/s1. The second kappa shape index (κ2) is 11.2. The number of ether oxygens (including phenoxy) is 3. The zero-order valence-electron chi connectivity index (χ0n) is 24.0. The number of nitrogens with zero attached hydrogens (tertiary/aromatic N) is 3. The van der Waals surface area contributed by atoms with Crippen molar-refractivity contribution in [2.45, 2.75) is 58.3 Å². The average molecular weight is 568 g/mol. The van der Waals surface area contributed by atoms with Gasteiger partial charge in [-0.15, -0.1) is 0 Å². The number of aromatic amines is 1. The molecule has 4 heterocycles. The smallest absolute Gasteiger partial charge is 0.407 e. The summed E-state index contributed by atoms with van der Waals surface area (Å²) >= 11 is 0. The average Bonchev–Trinajstić information content (AvgIpc) is 3.61. The lowest BCUT2D eigenvalue weighted by molar-refractivity contribution is 0.0377. The molecule has 0 spiro atoms. The van der Waals surface area contributed by atoms with Gasteiger partial charge in [-0.1, -0.05) is 30.3 Å². The monoisotopic (exact) mass is 567 g/mol. The van der Waals surface area contributed by atoms with E-state index in [1.54, 1.807) is 19.2 Å². The highest BCUT2D eigenvalue weighted by atomic mass is 16.5. The van der Waals surface area contributed by atoms with Crippen molar-refractivity contribution in [3.8, 4) is 17.3 Å². The summed E-state index contributed by atoms with van der Waals surface area (Å²) in [6, 6.07) is 18.5. The van der Waals surface area contributed by atoms with E-state index in [-0.39, 0.29) is 18.8 Å². The van der Waals surface area contributed by atoms with Crippen molar-refractivity contribution in [3.05, 3.63) is 83.2 Å². The molecule has 0 aliphatic heterocycles. The normalized spacial score (nSPS) is 13.8. The van der Waals surface area contributed by atoms with Crippen LogP contribution in [0.1, 0.15) is 72.9 Å². The van der Waals surface area contributed by atoms with E-state index in [1.807, 2.05) is 73.7 Å². The highest BCUT2D eigenvalue weighted by molar-refractivity contribution is 5.91. The number of carbonyl (C=O) groups is 2. The first-order chi connectivity index (χ1) is 20.3. The lowest BCUT2D eigenvalue weighted by Gasteiger charge is -2.13. The number of benzene rings is 1. The largest absolute Gasteiger partial charge is 0.482 e. The predicted molar refractivity (Wildman–Crippen MR) is 158 cm³/mol. The molecule has 1 aromatic carbocycles. The van der Waals surface area contributed by atoms with Gasteiger partial charge in [0.2, 0.25) is 0 Å². The molecule has 1 aliphatic rings. The van der Waals surface area contributed by atoms with E-state index < -0.39 is 12.1 Å². The van der Waals surface area contributed by atoms with Crippen LogP contribution in [0, 0.1) is 0 Å². The fourth-order valence-corrected chi connectivity index (χ4v) is 5.04. The van der Waals surface area contributed by atoms with Crippen LogP contribution in [0.5, 0.6) is 5.88 Å². The van der Waals surface area contributed by atoms with Crippen LogP contribution in [-0.4, -0.2) is 44.6 Å². The molecule has 2 N–H and O–H groups in total. The summed E-state index contributed by atoms with van der Waals surface area (Å²) in [5, 5.41) is 3.77. The van der Waals surface area contributed by atoms with Gasteiger partial charge in [-0.2, -0.15) is 0 Å². The van der Waals surface area contributed by atoms with Gasteiger partial charge in [0.15, 0.2) is 5.88 Å². The van der Waals surface area contributed by atoms with Crippen molar-refractivity contribution in [2.24, 2.45) is 0 Å². The van der Waals surface area contributed by atoms with Gasteiger partial charge in [0.05, 0.1) is 41.9 Å². The second-order valence-corrected chi connectivity index (χ2v) is 10.8. The number of rotatable bonds is 9. The molecule has 0 saturated heterocycles. The lowest BCUT2D eigenvalue weighted by Crippen LogP contribution is -2.27. The fraction of sp³-hybridized carbons (Fsp3) is 0.312. The molecule has 1 amide bonds. The van der Waals surface area contributed by atoms with Gasteiger partial charge in [-0.25, -0.2) is 19.6 Å². The third kappa shape index (κ3) is 5.52. The zero-order valence-corrected chi connectivity index (χ0v) is 24.0. The van der Waals surface area contributed by atoms with Gasteiger partial charge in [0, 0.05) is 17.4 Å². The Balaban J connectivity index is 1.28. The Morgan fingerprint density at radius 3 is 2.55 bits per heavy atom. The molecule has 10 heteroatoms. The molecule has 10 nitrogen and oxygen atoms in total. The van der Waals surface area contributed by atoms with Crippen molar-refractivity contribution in [1.82, 2.24) is 24.7 Å². The number of H-pyrrole nitrogens is 1. The molecule has 5 aromatic rings. The Labute approximate surface area is 243 Å². The molecule has 0 bridgehead atoms. The Morgan fingerprint density at radius 1 is 1.05 bits per heavy atom. The van der Waals surface area contributed by atoms with Gasteiger partial charge < -0.3 is 24.5 Å². The number of nitrogens with one attached hydrogen (secondary N) is 2. The van der Waals surface area contributed by atoms with Crippen molar-refractivity contribution in [1.29, 1.82) is 0 Å². The van der Waals surface area contributed by atoms with E-state index in [4.69, 9.17) is 24.2 Å². The van der Waals surface area contributed by atoms with E-state index in [9.17, 15) is 9.59 Å². The Hall–Kier alpha value is -4.86. The lowest BCUT2D eigenvalue weighted by atomic mass is 10.1. The molecule has 0 radical (unpaired) electrons. The molecule has 1 saturated carbocycles. The highest BCUT2D eigenvalue weighted by Crippen LogP contribution is 2.46. The van der Waals surface area contributed by atoms with E-state index >= 15 is 0 Å². The molecule has 0 unspecified atom stereocenters. The van der Waals surface area contributed by atoms with Gasteiger partial charge in [0.1, 0.15) is 23.6 Å². The van der Waals surface area contributed by atoms with E-state index in [1.165, 1.54) is 0 Å². The molecule has 6 rings (SSSR count). The fourth-order valence-electron chi connectivity index (χ4n) is 5.04. The molecular weight excluding hydrogens is 534 g/mol. The maximum Gasteiger partial charge on any atom is 0.407 e. The number of amides is 1. The number of carbonyl (C=O) groups excluding carboxylic acids is 2. The molecule has 216 valence electrons. The maximum absolute atomic E-state index is 12.7. The zero-order chi connectivity index (χ0) is 29.4. The number of hydrogen-bond acceptors (Lipinski definition) is 7. The topological polar surface area (TPSA) is 120 Å². The van der Waals surface area contributed by atoms with Gasteiger partial charge >= 0.3 is 12.1 Å². The number of fused-ring (bicyclic) bond motifs is 2. The first-order valence-electron chi connectivity index (χ1n) is 14.1. The first-order valence-corrected chi connectivity index (χ1v) is 14.1.